The molecular weight excluding hydrogens is 288 g/mol. The molecule has 0 aromatic carbocycles. The van der Waals surface area contributed by atoms with Crippen LogP contribution in [0, 0.1) is 5.92 Å². The summed E-state index contributed by atoms with van der Waals surface area (Å²) in [6, 6.07) is 1.96. The number of aliphatic hydroxyl groups is 1. The molecule has 2 aliphatic carbocycles. The predicted molar refractivity (Wildman–Crippen MR) is 80.4 cm³/mol. The molecule has 0 unspecified atom stereocenters. The second kappa shape index (κ2) is 5.41. The highest BCUT2D eigenvalue weighted by Gasteiger charge is 2.35. The number of hydrogen-bond donors (Lipinski definition) is 1. The molecule has 0 saturated heterocycles. The third kappa shape index (κ3) is 3.03. The Balaban J connectivity index is 1.91. The molecule has 0 amide bonds. The van der Waals surface area contributed by atoms with E-state index in [1.807, 2.05) is 18.4 Å². The van der Waals surface area contributed by atoms with E-state index in [1.54, 1.807) is 16.6 Å². The normalized spacial score (nSPS) is 19.7. The van der Waals surface area contributed by atoms with Crippen LogP contribution in [0.15, 0.2) is 17.2 Å². The SMILES string of the molecule is CC(C)N(CC1CC1)S(=O)(=O)c1cc(CO)n(C2CC2)c1. The highest BCUT2D eigenvalue weighted by molar-refractivity contribution is 7.89. The molecule has 5 nitrogen and oxygen atoms in total. The molecule has 0 bridgehead atoms. The van der Waals surface area contributed by atoms with Crippen molar-refractivity contribution in [1.82, 2.24) is 8.87 Å². The van der Waals surface area contributed by atoms with Crippen molar-refractivity contribution in [1.29, 1.82) is 0 Å². The number of aliphatic hydroxyl groups excluding tert-OH is 1. The van der Waals surface area contributed by atoms with E-state index in [0.717, 1.165) is 25.7 Å². The number of hydrogen-bond acceptors (Lipinski definition) is 3. The summed E-state index contributed by atoms with van der Waals surface area (Å²) < 4.78 is 29.3. The highest BCUT2D eigenvalue weighted by Crippen LogP contribution is 2.38. The van der Waals surface area contributed by atoms with Crippen LogP contribution in [-0.2, 0) is 16.6 Å². The van der Waals surface area contributed by atoms with Crippen LogP contribution in [0.4, 0.5) is 0 Å². The lowest BCUT2D eigenvalue weighted by Gasteiger charge is -2.25. The molecule has 2 saturated carbocycles. The Bertz CT molecular complexity index is 613. The highest BCUT2D eigenvalue weighted by atomic mass is 32.2. The molecule has 118 valence electrons. The average Bonchev–Trinajstić information content (AvgIpc) is 3.34. The topological polar surface area (TPSA) is 62.5 Å². The molecule has 0 radical (unpaired) electrons. The summed E-state index contributed by atoms with van der Waals surface area (Å²) in [5.74, 6) is 0.519. The maximum atomic E-state index is 12.9. The van der Waals surface area contributed by atoms with Crippen molar-refractivity contribution in [2.45, 2.75) is 63.1 Å². The second-order valence-electron chi connectivity index (χ2n) is 6.58. The number of sulfonamides is 1. The third-order valence-corrected chi connectivity index (χ3v) is 6.33. The van der Waals surface area contributed by atoms with Gasteiger partial charge in [-0.3, -0.25) is 0 Å². The van der Waals surface area contributed by atoms with Gasteiger partial charge in [-0.05, 0) is 51.5 Å². The van der Waals surface area contributed by atoms with E-state index in [9.17, 15) is 13.5 Å². The largest absolute Gasteiger partial charge is 0.390 e. The van der Waals surface area contributed by atoms with E-state index in [2.05, 4.69) is 0 Å². The van der Waals surface area contributed by atoms with Crippen molar-refractivity contribution in [3.05, 3.63) is 18.0 Å². The average molecular weight is 312 g/mol. The Kier molecular flexibility index (Phi) is 3.88. The van der Waals surface area contributed by atoms with Gasteiger partial charge in [-0.25, -0.2) is 8.42 Å². The fraction of sp³-hybridized carbons (Fsp3) is 0.733. The van der Waals surface area contributed by atoms with Crippen molar-refractivity contribution in [2.24, 2.45) is 5.92 Å². The molecule has 1 aromatic rings. The zero-order valence-corrected chi connectivity index (χ0v) is 13.5. The lowest BCUT2D eigenvalue weighted by Crippen LogP contribution is -2.38. The quantitative estimate of drug-likeness (QED) is 0.839. The molecule has 3 rings (SSSR count). The molecule has 1 heterocycles. The van der Waals surface area contributed by atoms with Crippen LogP contribution in [-0.4, -0.2) is 35.0 Å². The fourth-order valence-electron chi connectivity index (χ4n) is 2.73. The van der Waals surface area contributed by atoms with Gasteiger partial charge in [0.05, 0.1) is 6.61 Å². The molecule has 21 heavy (non-hydrogen) atoms. The van der Waals surface area contributed by atoms with Crippen molar-refractivity contribution < 1.29 is 13.5 Å². The van der Waals surface area contributed by atoms with Gasteiger partial charge in [-0.1, -0.05) is 0 Å². The van der Waals surface area contributed by atoms with E-state index in [0.29, 0.717) is 29.1 Å². The summed E-state index contributed by atoms with van der Waals surface area (Å²) in [5.41, 5.74) is 0.700. The van der Waals surface area contributed by atoms with Crippen LogP contribution in [0.3, 0.4) is 0 Å². The molecular formula is C15H24N2O3S. The third-order valence-electron chi connectivity index (χ3n) is 4.33. The van der Waals surface area contributed by atoms with Gasteiger partial charge in [-0.2, -0.15) is 4.31 Å². The van der Waals surface area contributed by atoms with Gasteiger partial charge in [0.25, 0.3) is 0 Å². The summed E-state index contributed by atoms with van der Waals surface area (Å²) >= 11 is 0. The first-order chi connectivity index (χ1) is 9.93. The Morgan fingerprint density at radius 2 is 2.00 bits per heavy atom. The summed E-state index contributed by atoms with van der Waals surface area (Å²) in [6.07, 6.45) is 6.10. The van der Waals surface area contributed by atoms with Gasteiger partial charge in [0, 0.05) is 30.5 Å². The smallest absolute Gasteiger partial charge is 0.244 e. The number of nitrogens with zero attached hydrogens (tertiary/aromatic N) is 2. The first kappa shape index (κ1) is 15.1. The van der Waals surface area contributed by atoms with Gasteiger partial charge >= 0.3 is 0 Å². The van der Waals surface area contributed by atoms with Crippen molar-refractivity contribution >= 4 is 10.0 Å². The maximum absolute atomic E-state index is 12.9. The maximum Gasteiger partial charge on any atom is 0.244 e. The van der Waals surface area contributed by atoms with Crippen LogP contribution in [0.2, 0.25) is 0 Å². The summed E-state index contributed by atoms with van der Waals surface area (Å²) in [7, 11) is -3.47. The van der Waals surface area contributed by atoms with E-state index in [4.69, 9.17) is 0 Å². The molecule has 0 atom stereocenters. The molecule has 0 aliphatic heterocycles. The molecule has 1 aromatic heterocycles. The number of aromatic nitrogens is 1. The fourth-order valence-corrected chi connectivity index (χ4v) is 4.50. The van der Waals surface area contributed by atoms with Crippen molar-refractivity contribution in [3.63, 3.8) is 0 Å². The minimum absolute atomic E-state index is 0.0440. The van der Waals surface area contributed by atoms with Gasteiger partial charge in [-0.15, -0.1) is 0 Å². The van der Waals surface area contributed by atoms with Crippen LogP contribution >= 0.6 is 0 Å². The monoisotopic (exact) mass is 312 g/mol. The van der Waals surface area contributed by atoms with Gasteiger partial charge in [0.15, 0.2) is 0 Å². The molecule has 6 heteroatoms. The first-order valence-corrected chi connectivity index (χ1v) is 9.21. The summed E-state index contributed by atoms with van der Waals surface area (Å²) in [6.45, 7) is 4.34. The Hall–Kier alpha value is -0.850. The van der Waals surface area contributed by atoms with Gasteiger partial charge in [0.1, 0.15) is 4.90 Å². The first-order valence-electron chi connectivity index (χ1n) is 7.77. The Morgan fingerprint density at radius 3 is 2.48 bits per heavy atom. The van der Waals surface area contributed by atoms with Crippen LogP contribution in [0.25, 0.3) is 0 Å². The molecule has 0 spiro atoms. The zero-order valence-electron chi connectivity index (χ0n) is 12.7. The Labute approximate surface area is 126 Å². The lowest BCUT2D eigenvalue weighted by molar-refractivity contribution is 0.270. The summed E-state index contributed by atoms with van der Waals surface area (Å²) in [5, 5.41) is 9.45. The number of rotatable bonds is 7. The molecule has 2 aliphatic rings. The minimum Gasteiger partial charge on any atom is -0.390 e. The minimum atomic E-state index is -3.47. The Morgan fingerprint density at radius 1 is 1.33 bits per heavy atom. The molecule has 2 fully saturated rings. The van der Waals surface area contributed by atoms with Crippen molar-refractivity contribution in [2.75, 3.05) is 6.54 Å². The van der Waals surface area contributed by atoms with E-state index in [1.165, 1.54) is 0 Å². The van der Waals surface area contributed by atoms with E-state index in [-0.39, 0.29) is 12.6 Å². The van der Waals surface area contributed by atoms with E-state index < -0.39 is 10.0 Å². The van der Waals surface area contributed by atoms with Gasteiger partial charge in [0.2, 0.25) is 10.0 Å². The van der Waals surface area contributed by atoms with Crippen molar-refractivity contribution in [3.8, 4) is 0 Å². The summed E-state index contributed by atoms with van der Waals surface area (Å²) in [4.78, 5) is 0.327. The van der Waals surface area contributed by atoms with Crippen LogP contribution in [0.5, 0.6) is 0 Å². The van der Waals surface area contributed by atoms with Crippen LogP contribution < -0.4 is 0 Å². The van der Waals surface area contributed by atoms with Gasteiger partial charge < -0.3 is 9.67 Å². The predicted octanol–water partition coefficient (Wildman–Crippen LogP) is 2.12. The second-order valence-corrected chi connectivity index (χ2v) is 8.47. The van der Waals surface area contributed by atoms with Crippen LogP contribution in [0.1, 0.15) is 51.3 Å². The molecule has 1 N–H and O–H groups in total. The standard InChI is InChI=1S/C15H24N2O3S/c1-11(2)17(8-12-3-4-12)21(19,20)15-7-14(10-18)16(9-15)13-5-6-13/h7,9,11-13,18H,3-6,8,10H2,1-2H3. The lowest BCUT2D eigenvalue weighted by atomic mass is 10.3. The van der Waals surface area contributed by atoms with E-state index >= 15 is 0 Å². The zero-order chi connectivity index (χ0) is 15.2.